The number of fused-ring (bicyclic) bond motifs is 5. The summed E-state index contributed by atoms with van der Waals surface area (Å²) in [5, 5.41) is 0. The molecule has 2 atom stereocenters. The van der Waals surface area contributed by atoms with Crippen LogP contribution in [0.3, 0.4) is 0 Å². The van der Waals surface area contributed by atoms with E-state index in [4.69, 9.17) is 0 Å². The second-order valence-corrected chi connectivity index (χ2v) is 20.1. The van der Waals surface area contributed by atoms with Crippen molar-refractivity contribution in [3.63, 3.8) is 0 Å². The van der Waals surface area contributed by atoms with Gasteiger partial charge in [0, 0.05) is 27.8 Å². The first kappa shape index (κ1) is 39.6. The Bertz CT molecular complexity index is 2840. The number of rotatable bonds is 5. The second kappa shape index (κ2) is 13.9. The van der Waals surface area contributed by atoms with Crippen LogP contribution in [0.1, 0.15) is 135 Å². The van der Waals surface area contributed by atoms with Gasteiger partial charge in [-0.25, -0.2) is 4.57 Å². The van der Waals surface area contributed by atoms with Gasteiger partial charge in [0.2, 0.25) is 0 Å². The lowest BCUT2D eigenvalue weighted by Gasteiger charge is -2.48. The fourth-order valence-corrected chi connectivity index (χ4v) is 9.90. The van der Waals surface area contributed by atoms with Gasteiger partial charge in [0.25, 0.3) is 5.82 Å². The maximum Gasteiger partial charge on any atom is 0.295 e. The number of aromatic nitrogens is 2. The summed E-state index contributed by atoms with van der Waals surface area (Å²) in [7, 11) is 2.17. The Hall–Kier alpha value is -5.81. The highest BCUT2D eigenvalue weighted by Crippen LogP contribution is 2.52. The average Bonchev–Trinajstić information content (AvgIpc) is 3.49. The molecule has 2 aliphatic heterocycles. The van der Waals surface area contributed by atoms with Crippen molar-refractivity contribution in [3.8, 4) is 17.1 Å². The number of nitrogens with zero attached hydrogens (tertiary/aromatic N) is 3. The van der Waals surface area contributed by atoms with E-state index in [2.05, 4.69) is 194 Å². The lowest BCUT2D eigenvalue weighted by Crippen LogP contribution is -2.51. The molecule has 0 spiro atoms. The first-order chi connectivity index (χ1) is 28.4. The Labute approximate surface area is 356 Å². The van der Waals surface area contributed by atoms with Crippen molar-refractivity contribution < 1.29 is 14.2 Å². The van der Waals surface area contributed by atoms with E-state index in [0.29, 0.717) is 28.5 Å². The first-order valence-corrected chi connectivity index (χ1v) is 21.7. The van der Waals surface area contributed by atoms with Crippen LogP contribution in [0.2, 0.25) is 0 Å². The van der Waals surface area contributed by atoms with E-state index in [9.17, 15) is 9.59 Å². The quantitative estimate of drug-likeness (QED) is 0.163. The van der Waals surface area contributed by atoms with Crippen molar-refractivity contribution in [3.05, 3.63) is 159 Å². The average molecular weight is 793 g/mol. The zero-order valence-corrected chi connectivity index (χ0v) is 37.4. The number of carbonyl (C=O) groups is 2. The lowest BCUT2D eigenvalue weighted by atomic mass is 9.70. The number of carbonyl (C=O) groups excluding carboxylic acids is 2. The highest BCUT2D eigenvalue weighted by molar-refractivity contribution is 6.21. The van der Waals surface area contributed by atoms with E-state index >= 15 is 0 Å². The zero-order valence-electron chi connectivity index (χ0n) is 37.4. The minimum absolute atomic E-state index is 0.00402. The van der Waals surface area contributed by atoms with Crippen LogP contribution in [0.5, 0.6) is 0 Å². The van der Waals surface area contributed by atoms with Crippen molar-refractivity contribution in [2.75, 3.05) is 4.90 Å². The summed E-state index contributed by atoms with van der Waals surface area (Å²) in [5.41, 5.74) is 16.1. The van der Waals surface area contributed by atoms with Crippen LogP contribution in [0.4, 0.5) is 11.4 Å². The molecule has 3 heterocycles. The molecule has 5 aromatic carbocycles. The third kappa shape index (κ3) is 6.06. The van der Waals surface area contributed by atoms with Gasteiger partial charge in [-0.15, -0.1) is 0 Å². The van der Waals surface area contributed by atoms with Crippen LogP contribution < -0.4 is 9.47 Å². The molecule has 1 aromatic heterocycles. The number of para-hydroxylation sites is 1. The summed E-state index contributed by atoms with van der Waals surface area (Å²) < 4.78 is 4.81. The number of ketones is 2. The Morgan fingerprint density at radius 2 is 1.27 bits per heavy atom. The summed E-state index contributed by atoms with van der Waals surface area (Å²) in [5.74, 6) is 1.21. The highest BCUT2D eigenvalue weighted by Gasteiger charge is 2.49. The van der Waals surface area contributed by atoms with E-state index in [1.165, 1.54) is 27.9 Å². The van der Waals surface area contributed by atoms with Crippen molar-refractivity contribution in [2.45, 2.75) is 105 Å². The minimum atomic E-state index is -0.543. The van der Waals surface area contributed by atoms with Gasteiger partial charge in [-0.3, -0.25) is 9.59 Å². The number of hydrogen-bond acceptors (Lipinski definition) is 3. The van der Waals surface area contributed by atoms with Crippen molar-refractivity contribution >= 4 is 39.5 Å². The molecule has 60 heavy (non-hydrogen) atoms. The zero-order chi connectivity index (χ0) is 42.7. The predicted octanol–water partition coefficient (Wildman–Crippen LogP) is 12.8. The summed E-state index contributed by atoms with van der Waals surface area (Å²) in [4.78, 5) is 32.2. The third-order valence-corrected chi connectivity index (χ3v) is 13.3. The van der Waals surface area contributed by atoms with Crippen LogP contribution in [0.25, 0.3) is 33.7 Å². The molecule has 3 aliphatic rings. The third-order valence-electron chi connectivity index (χ3n) is 13.3. The van der Waals surface area contributed by atoms with Crippen molar-refractivity contribution in [1.29, 1.82) is 0 Å². The van der Waals surface area contributed by atoms with E-state index in [1.807, 2.05) is 12.1 Å². The van der Waals surface area contributed by atoms with Crippen LogP contribution in [0, 0.1) is 12.8 Å². The summed E-state index contributed by atoms with van der Waals surface area (Å²) >= 11 is 0. The molecule has 9 rings (SSSR count). The van der Waals surface area contributed by atoms with Gasteiger partial charge in [-0.05, 0) is 112 Å². The summed E-state index contributed by atoms with van der Waals surface area (Å²) in [6.07, 6.45) is 4.23. The van der Waals surface area contributed by atoms with Gasteiger partial charge in [-0.2, -0.15) is 4.57 Å². The monoisotopic (exact) mass is 792 g/mol. The smallest absolute Gasteiger partial charge is 0.295 e. The number of hydrogen-bond donors (Lipinski definition) is 0. The minimum Gasteiger partial charge on any atom is -0.331 e. The summed E-state index contributed by atoms with van der Waals surface area (Å²) in [6.45, 7) is 24.5. The normalized spacial score (nSPS) is 17.5. The largest absolute Gasteiger partial charge is 0.331 e. The fraction of sp³-hybridized carbons (Fsp3) is 0.327. The topological polar surface area (TPSA) is 46.2 Å². The molecular weight excluding hydrogens is 735 g/mol. The van der Waals surface area contributed by atoms with Crippen molar-refractivity contribution in [2.24, 2.45) is 13.0 Å². The van der Waals surface area contributed by atoms with Gasteiger partial charge in [-0.1, -0.05) is 124 Å². The molecule has 0 fully saturated rings. The number of anilines is 2. The molecule has 5 heteroatoms. The number of benzene rings is 5. The first-order valence-electron chi connectivity index (χ1n) is 21.7. The maximum atomic E-state index is 14.9. The molecule has 5 nitrogen and oxygen atoms in total. The summed E-state index contributed by atoms with van der Waals surface area (Å²) in [6, 6.07) is 34.2. The SMILES string of the molecule is Cc1ccccc1-c1n(-c2c(C(C)C)cccc2C(C)C)c2cc(C3=CC4C(=O)c5ccc(C(C)(C)C)cc5N5c6cc(C(C)(C)C)ccc6C(=O)C(=C3)C45)ccc2[n+]1C. The molecular formula is C55H58N3O2+. The maximum absolute atomic E-state index is 14.9. The molecule has 304 valence electrons. The van der Waals surface area contributed by atoms with Gasteiger partial charge in [0.05, 0.1) is 35.9 Å². The highest BCUT2D eigenvalue weighted by atomic mass is 16.1. The molecule has 0 bridgehead atoms. The molecule has 0 saturated heterocycles. The van der Waals surface area contributed by atoms with E-state index < -0.39 is 12.0 Å². The Morgan fingerprint density at radius 1 is 0.667 bits per heavy atom. The molecule has 2 unspecified atom stereocenters. The Kier molecular flexibility index (Phi) is 9.17. The molecule has 0 amide bonds. The fourth-order valence-electron chi connectivity index (χ4n) is 9.90. The Morgan fingerprint density at radius 3 is 1.87 bits per heavy atom. The predicted molar refractivity (Wildman–Crippen MR) is 247 cm³/mol. The van der Waals surface area contributed by atoms with Gasteiger partial charge in [0.1, 0.15) is 5.69 Å². The van der Waals surface area contributed by atoms with Gasteiger partial charge in [0.15, 0.2) is 22.6 Å². The molecule has 0 saturated carbocycles. The Balaban J connectivity index is 1.31. The van der Waals surface area contributed by atoms with Crippen LogP contribution in [-0.2, 0) is 17.9 Å². The van der Waals surface area contributed by atoms with Crippen molar-refractivity contribution in [1.82, 2.24) is 4.57 Å². The van der Waals surface area contributed by atoms with Gasteiger partial charge < -0.3 is 4.90 Å². The second-order valence-electron chi connectivity index (χ2n) is 20.1. The standard InChI is InChI=1S/C55H58N3O2/c1-31(2)38-18-15-19-39(32(3)4)49(38)58-48-28-34(20-25-45(48)56(12)53(58)40-17-14-13-16-33(40)5)35-26-43-50-44(27-35)52(60)42-24-22-37(55(9,10)11)30-47(42)57(50)46-29-36(54(6,7)8)21-23-41(46)51(43)59/h13-32,43,50H,1-12H3/q+1. The van der Waals surface area contributed by atoms with Crippen LogP contribution >= 0.6 is 0 Å². The van der Waals surface area contributed by atoms with E-state index in [-0.39, 0.29) is 22.4 Å². The number of aryl methyl sites for hydroxylation is 2. The number of allylic oxidation sites excluding steroid dienone is 2. The molecule has 6 aromatic rings. The number of imidazole rings is 1. The van der Waals surface area contributed by atoms with Crippen LogP contribution in [-0.4, -0.2) is 22.2 Å². The molecule has 0 N–H and O–H groups in total. The molecule has 0 radical (unpaired) electrons. The number of Topliss-reactive ketones (excluding diaryl/α,β-unsaturated/α-hetero) is 2. The van der Waals surface area contributed by atoms with Crippen LogP contribution in [0.15, 0.2) is 115 Å². The van der Waals surface area contributed by atoms with E-state index in [1.54, 1.807) is 0 Å². The van der Waals surface area contributed by atoms with E-state index in [0.717, 1.165) is 50.5 Å². The lowest BCUT2D eigenvalue weighted by molar-refractivity contribution is -0.633. The molecule has 1 aliphatic carbocycles. The van der Waals surface area contributed by atoms with Gasteiger partial charge >= 0.3 is 0 Å².